The first-order valence-corrected chi connectivity index (χ1v) is 7.65. The number of rotatable bonds is 5. The molecule has 0 bridgehead atoms. The van der Waals surface area contributed by atoms with E-state index in [1.54, 1.807) is 0 Å². The van der Waals surface area contributed by atoms with Crippen molar-refractivity contribution in [3.8, 4) is 0 Å². The van der Waals surface area contributed by atoms with E-state index in [0.717, 1.165) is 36.1 Å². The van der Waals surface area contributed by atoms with Crippen LogP contribution in [0.3, 0.4) is 0 Å². The zero-order valence-electron chi connectivity index (χ0n) is 11.9. The number of esters is 1. The fourth-order valence-corrected chi connectivity index (χ4v) is 3.73. The molecule has 0 saturated heterocycles. The van der Waals surface area contributed by atoms with Crippen molar-refractivity contribution in [3.05, 3.63) is 16.0 Å². The zero-order valence-corrected chi connectivity index (χ0v) is 12.7. The van der Waals surface area contributed by atoms with Crippen molar-refractivity contribution < 1.29 is 19.1 Å². The first-order chi connectivity index (χ1) is 10.0. The summed E-state index contributed by atoms with van der Waals surface area (Å²) in [4.78, 5) is 35.7. The van der Waals surface area contributed by atoms with Gasteiger partial charge < -0.3 is 15.8 Å². The SMILES string of the molecule is COC(=O)CCC(=O)Nc1sc2c(c1C(N)=O)CCCC2. The topological polar surface area (TPSA) is 98.5 Å². The maximum absolute atomic E-state index is 11.9. The van der Waals surface area contributed by atoms with Crippen LogP contribution in [0.15, 0.2) is 0 Å². The molecule has 0 spiro atoms. The number of thiophene rings is 1. The molecular weight excluding hydrogens is 292 g/mol. The van der Waals surface area contributed by atoms with Crippen LogP contribution in [0.2, 0.25) is 0 Å². The Morgan fingerprint density at radius 3 is 2.62 bits per heavy atom. The molecule has 0 radical (unpaired) electrons. The number of aryl methyl sites for hydroxylation is 1. The molecule has 6 nitrogen and oxygen atoms in total. The largest absolute Gasteiger partial charge is 0.469 e. The lowest BCUT2D eigenvalue weighted by Crippen LogP contribution is -2.19. The molecule has 0 fully saturated rings. The van der Waals surface area contributed by atoms with E-state index in [1.807, 2.05) is 0 Å². The Morgan fingerprint density at radius 1 is 1.24 bits per heavy atom. The van der Waals surface area contributed by atoms with Gasteiger partial charge in [0.25, 0.3) is 5.91 Å². The fraction of sp³-hybridized carbons (Fsp3) is 0.500. The number of fused-ring (bicyclic) bond motifs is 1. The summed E-state index contributed by atoms with van der Waals surface area (Å²) < 4.78 is 4.49. The predicted octanol–water partition coefficient (Wildman–Crippen LogP) is 1.62. The average Bonchev–Trinajstić information content (AvgIpc) is 2.82. The van der Waals surface area contributed by atoms with Gasteiger partial charge >= 0.3 is 5.97 Å². The van der Waals surface area contributed by atoms with Crippen LogP contribution in [0.1, 0.15) is 46.5 Å². The van der Waals surface area contributed by atoms with Gasteiger partial charge in [0.05, 0.1) is 19.1 Å². The number of hydrogen-bond acceptors (Lipinski definition) is 5. The quantitative estimate of drug-likeness (QED) is 0.807. The second-order valence-corrected chi connectivity index (χ2v) is 6.01. The second kappa shape index (κ2) is 6.71. The number of amides is 2. The number of nitrogens with one attached hydrogen (secondary N) is 1. The van der Waals surface area contributed by atoms with Gasteiger partial charge in [-0.1, -0.05) is 0 Å². The maximum Gasteiger partial charge on any atom is 0.306 e. The van der Waals surface area contributed by atoms with E-state index in [4.69, 9.17) is 5.73 Å². The molecule has 1 aliphatic rings. The number of primary amides is 1. The molecule has 7 heteroatoms. The Morgan fingerprint density at radius 2 is 1.95 bits per heavy atom. The third-order valence-corrected chi connectivity index (χ3v) is 4.66. The van der Waals surface area contributed by atoms with Gasteiger partial charge in [0, 0.05) is 11.3 Å². The van der Waals surface area contributed by atoms with Gasteiger partial charge in [0.2, 0.25) is 5.91 Å². The molecular formula is C14H18N2O4S. The number of hydrogen-bond donors (Lipinski definition) is 2. The molecule has 114 valence electrons. The molecule has 0 aromatic carbocycles. The van der Waals surface area contributed by atoms with E-state index in [9.17, 15) is 14.4 Å². The lowest BCUT2D eigenvalue weighted by Gasteiger charge is -2.11. The normalized spacial score (nSPS) is 13.4. The van der Waals surface area contributed by atoms with Crippen molar-refractivity contribution >= 4 is 34.1 Å². The van der Waals surface area contributed by atoms with Crippen LogP contribution in [-0.4, -0.2) is 24.9 Å². The predicted molar refractivity (Wildman–Crippen MR) is 79.4 cm³/mol. The third kappa shape index (κ3) is 3.60. The molecule has 1 aromatic heterocycles. The van der Waals surface area contributed by atoms with Crippen molar-refractivity contribution in [1.82, 2.24) is 0 Å². The standard InChI is InChI=1S/C14H18N2O4S/c1-20-11(18)7-6-10(17)16-14-12(13(15)19)8-4-2-3-5-9(8)21-14/h2-7H2,1H3,(H2,15,19)(H,16,17). The van der Waals surface area contributed by atoms with Gasteiger partial charge in [-0.15, -0.1) is 11.3 Å². The lowest BCUT2D eigenvalue weighted by molar-refractivity contribution is -0.141. The molecule has 2 rings (SSSR count). The highest BCUT2D eigenvalue weighted by molar-refractivity contribution is 7.17. The van der Waals surface area contributed by atoms with Crippen molar-refractivity contribution in [2.75, 3.05) is 12.4 Å². The van der Waals surface area contributed by atoms with E-state index in [0.29, 0.717) is 10.6 Å². The van der Waals surface area contributed by atoms with Crippen LogP contribution in [0.25, 0.3) is 0 Å². The van der Waals surface area contributed by atoms with Gasteiger partial charge in [-0.2, -0.15) is 0 Å². The van der Waals surface area contributed by atoms with Crippen LogP contribution < -0.4 is 11.1 Å². The summed E-state index contributed by atoms with van der Waals surface area (Å²) in [5.74, 6) is -1.27. The van der Waals surface area contributed by atoms with E-state index in [-0.39, 0.29) is 18.7 Å². The Bertz CT molecular complexity index is 580. The van der Waals surface area contributed by atoms with Crippen molar-refractivity contribution in [3.63, 3.8) is 0 Å². The molecule has 0 aliphatic heterocycles. The number of carbonyl (C=O) groups is 3. The van der Waals surface area contributed by atoms with Gasteiger partial charge in [0.1, 0.15) is 5.00 Å². The molecule has 1 aromatic rings. The van der Waals surface area contributed by atoms with E-state index < -0.39 is 11.9 Å². The Balaban J connectivity index is 2.12. The summed E-state index contributed by atoms with van der Waals surface area (Å²) in [5, 5.41) is 3.20. The van der Waals surface area contributed by atoms with Crippen LogP contribution in [0, 0.1) is 0 Å². The first kappa shape index (κ1) is 15.5. The van der Waals surface area contributed by atoms with Crippen LogP contribution in [0.5, 0.6) is 0 Å². The van der Waals surface area contributed by atoms with E-state index in [1.165, 1.54) is 18.4 Å². The molecule has 1 heterocycles. The summed E-state index contributed by atoms with van der Waals surface area (Å²) in [7, 11) is 1.28. The summed E-state index contributed by atoms with van der Waals surface area (Å²) in [5.41, 5.74) is 6.85. The number of methoxy groups -OCH3 is 1. The molecule has 21 heavy (non-hydrogen) atoms. The van der Waals surface area contributed by atoms with Crippen LogP contribution >= 0.6 is 11.3 Å². The minimum atomic E-state index is -0.516. The Kier molecular flexibility index (Phi) is 4.95. The monoisotopic (exact) mass is 310 g/mol. The minimum absolute atomic E-state index is 0.0132. The minimum Gasteiger partial charge on any atom is -0.469 e. The van der Waals surface area contributed by atoms with Gasteiger partial charge in [-0.05, 0) is 31.2 Å². The fourth-order valence-electron chi connectivity index (χ4n) is 2.42. The van der Waals surface area contributed by atoms with Gasteiger partial charge in [-0.25, -0.2) is 0 Å². The summed E-state index contributed by atoms with van der Waals surface area (Å²) in [6.45, 7) is 0. The first-order valence-electron chi connectivity index (χ1n) is 6.84. The molecule has 2 amide bonds. The summed E-state index contributed by atoms with van der Waals surface area (Å²) >= 11 is 1.41. The van der Waals surface area contributed by atoms with Gasteiger partial charge in [0.15, 0.2) is 0 Å². The van der Waals surface area contributed by atoms with E-state index in [2.05, 4.69) is 10.1 Å². The molecule has 0 atom stereocenters. The Labute approximate surface area is 126 Å². The maximum atomic E-state index is 11.9. The van der Waals surface area contributed by atoms with E-state index >= 15 is 0 Å². The molecule has 0 unspecified atom stereocenters. The number of carbonyl (C=O) groups excluding carboxylic acids is 3. The highest BCUT2D eigenvalue weighted by Crippen LogP contribution is 2.37. The zero-order chi connectivity index (χ0) is 15.4. The number of nitrogens with two attached hydrogens (primary N) is 1. The second-order valence-electron chi connectivity index (χ2n) is 4.90. The lowest BCUT2D eigenvalue weighted by atomic mass is 9.95. The average molecular weight is 310 g/mol. The highest BCUT2D eigenvalue weighted by Gasteiger charge is 2.24. The van der Waals surface area contributed by atoms with Crippen molar-refractivity contribution in [1.29, 1.82) is 0 Å². The third-order valence-electron chi connectivity index (χ3n) is 3.45. The summed E-state index contributed by atoms with van der Waals surface area (Å²) in [6.07, 6.45) is 3.88. The highest BCUT2D eigenvalue weighted by atomic mass is 32.1. The van der Waals surface area contributed by atoms with Crippen molar-refractivity contribution in [2.24, 2.45) is 5.73 Å². The number of ether oxygens (including phenoxy) is 1. The summed E-state index contributed by atoms with van der Waals surface area (Å²) in [6, 6.07) is 0. The van der Waals surface area contributed by atoms with Crippen LogP contribution in [-0.2, 0) is 27.2 Å². The van der Waals surface area contributed by atoms with Gasteiger partial charge in [-0.3, -0.25) is 14.4 Å². The van der Waals surface area contributed by atoms with Crippen LogP contribution in [0.4, 0.5) is 5.00 Å². The number of anilines is 1. The smallest absolute Gasteiger partial charge is 0.306 e. The molecule has 1 aliphatic carbocycles. The molecule has 3 N–H and O–H groups in total. The Hall–Kier alpha value is -1.89. The van der Waals surface area contributed by atoms with Crippen molar-refractivity contribution in [2.45, 2.75) is 38.5 Å². The molecule has 0 saturated carbocycles.